The molecule has 2 N–H and O–H groups in total. The van der Waals surface area contributed by atoms with Crippen molar-refractivity contribution in [2.45, 2.75) is 31.7 Å². The van der Waals surface area contributed by atoms with Crippen molar-refractivity contribution in [3.8, 4) is 0 Å². The van der Waals surface area contributed by atoms with Gasteiger partial charge in [-0.05, 0) is 25.7 Å². The van der Waals surface area contributed by atoms with Crippen LogP contribution in [0.5, 0.6) is 0 Å². The summed E-state index contributed by atoms with van der Waals surface area (Å²) in [5.41, 5.74) is 5.78. The molecule has 0 aromatic heterocycles. The fraction of sp³-hybridized carbons (Fsp3) is 0.900. The van der Waals surface area contributed by atoms with E-state index in [-0.39, 0.29) is 17.9 Å². The second-order valence-corrected chi connectivity index (χ2v) is 4.23. The van der Waals surface area contributed by atoms with Gasteiger partial charge in [-0.25, -0.2) is 0 Å². The number of nitrogens with two attached hydrogens (primary N) is 1. The van der Waals surface area contributed by atoms with Gasteiger partial charge in [0.15, 0.2) is 0 Å². The Labute approximate surface area is 78.6 Å². The van der Waals surface area contributed by atoms with Crippen LogP contribution in [0.3, 0.4) is 0 Å². The number of ether oxygens (including phenoxy) is 1. The summed E-state index contributed by atoms with van der Waals surface area (Å²) in [7, 11) is 0. The van der Waals surface area contributed by atoms with Crippen LogP contribution in [0.2, 0.25) is 0 Å². The van der Waals surface area contributed by atoms with Crippen molar-refractivity contribution >= 4 is 5.78 Å². The molecule has 3 unspecified atom stereocenters. The number of hydrogen-bond donors (Lipinski definition) is 1. The average molecular weight is 183 g/mol. The molecule has 2 aliphatic rings. The van der Waals surface area contributed by atoms with Gasteiger partial charge in [0, 0.05) is 24.5 Å². The minimum atomic E-state index is 0.176. The van der Waals surface area contributed by atoms with E-state index >= 15 is 0 Å². The number of carbonyl (C=O) groups excluding carboxylic acids is 1. The lowest BCUT2D eigenvalue weighted by molar-refractivity contribution is -0.126. The van der Waals surface area contributed by atoms with Gasteiger partial charge in [-0.1, -0.05) is 0 Å². The van der Waals surface area contributed by atoms with Gasteiger partial charge >= 0.3 is 0 Å². The van der Waals surface area contributed by atoms with E-state index in [9.17, 15) is 4.79 Å². The smallest absolute Gasteiger partial charge is 0.141 e. The summed E-state index contributed by atoms with van der Waals surface area (Å²) in [5.74, 6) is 0.822. The minimum Gasteiger partial charge on any atom is -0.381 e. The van der Waals surface area contributed by atoms with Crippen molar-refractivity contribution in [3.63, 3.8) is 0 Å². The molecule has 2 fully saturated rings. The molecule has 3 atom stereocenters. The van der Waals surface area contributed by atoms with Crippen LogP contribution >= 0.6 is 0 Å². The van der Waals surface area contributed by atoms with Gasteiger partial charge < -0.3 is 10.5 Å². The Kier molecular flexibility index (Phi) is 2.65. The maximum atomic E-state index is 11.9. The Hall–Kier alpha value is -0.410. The Balaban J connectivity index is 1.89. The first kappa shape index (κ1) is 9.16. The zero-order valence-corrected chi connectivity index (χ0v) is 7.87. The Morgan fingerprint density at radius 2 is 2.08 bits per heavy atom. The first-order valence-corrected chi connectivity index (χ1v) is 5.14. The first-order chi connectivity index (χ1) is 6.27. The standard InChI is InChI=1S/C10H17NO2/c11-9-2-1-7(5-9)10(12)8-3-4-13-6-8/h7-9H,1-6,11H2. The second-order valence-electron chi connectivity index (χ2n) is 4.23. The molecule has 2 rings (SSSR count). The summed E-state index contributed by atoms with van der Waals surface area (Å²) in [5, 5.41) is 0. The van der Waals surface area contributed by atoms with Crippen LogP contribution in [0.15, 0.2) is 0 Å². The number of rotatable bonds is 2. The van der Waals surface area contributed by atoms with Crippen molar-refractivity contribution in [3.05, 3.63) is 0 Å². The van der Waals surface area contributed by atoms with E-state index in [2.05, 4.69) is 0 Å². The summed E-state index contributed by atoms with van der Waals surface area (Å²) in [6, 6.07) is 0.260. The van der Waals surface area contributed by atoms with E-state index < -0.39 is 0 Å². The zero-order valence-electron chi connectivity index (χ0n) is 7.87. The van der Waals surface area contributed by atoms with Crippen LogP contribution in [0.1, 0.15) is 25.7 Å². The molecule has 3 heteroatoms. The lowest BCUT2D eigenvalue weighted by Crippen LogP contribution is -2.24. The van der Waals surface area contributed by atoms with Gasteiger partial charge in [0.1, 0.15) is 5.78 Å². The molecule has 0 bridgehead atoms. The first-order valence-electron chi connectivity index (χ1n) is 5.14. The van der Waals surface area contributed by atoms with Crippen LogP contribution in [0, 0.1) is 11.8 Å². The van der Waals surface area contributed by atoms with Crippen LogP contribution in [-0.2, 0) is 9.53 Å². The molecule has 1 saturated carbocycles. The topological polar surface area (TPSA) is 52.3 Å². The van der Waals surface area contributed by atoms with Crippen LogP contribution in [0.25, 0.3) is 0 Å². The van der Waals surface area contributed by atoms with Gasteiger partial charge in [0.05, 0.1) is 6.61 Å². The molecular weight excluding hydrogens is 166 g/mol. The van der Waals surface area contributed by atoms with Crippen molar-refractivity contribution in [1.29, 1.82) is 0 Å². The number of ketones is 1. The Morgan fingerprint density at radius 3 is 2.62 bits per heavy atom. The molecule has 1 heterocycles. The third kappa shape index (κ3) is 1.92. The molecular formula is C10H17NO2. The highest BCUT2D eigenvalue weighted by Crippen LogP contribution is 2.29. The molecule has 74 valence electrons. The summed E-state index contributed by atoms with van der Waals surface area (Å²) in [4.78, 5) is 11.9. The third-order valence-electron chi connectivity index (χ3n) is 3.21. The van der Waals surface area contributed by atoms with Gasteiger partial charge in [0.25, 0.3) is 0 Å². The minimum absolute atomic E-state index is 0.176. The number of carbonyl (C=O) groups is 1. The van der Waals surface area contributed by atoms with E-state index in [0.717, 1.165) is 32.3 Å². The lowest BCUT2D eigenvalue weighted by Gasteiger charge is -2.12. The van der Waals surface area contributed by atoms with E-state index in [0.29, 0.717) is 12.4 Å². The molecule has 0 spiro atoms. The van der Waals surface area contributed by atoms with Gasteiger partial charge in [-0.15, -0.1) is 0 Å². The fourth-order valence-corrected chi connectivity index (χ4v) is 2.37. The predicted molar refractivity (Wildman–Crippen MR) is 49.2 cm³/mol. The Morgan fingerprint density at radius 1 is 1.23 bits per heavy atom. The molecule has 0 amide bonds. The van der Waals surface area contributed by atoms with Crippen LogP contribution < -0.4 is 5.73 Å². The molecule has 0 aromatic rings. The van der Waals surface area contributed by atoms with Crippen molar-refractivity contribution in [1.82, 2.24) is 0 Å². The zero-order chi connectivity index (χ0) is 9.26. The van der Waals surface area contributed by atoms with E-state index in [1.54, 1.807) is 0 Å². The summed E-state index contributed by atoms with van der Waals surface area (Å²) >= 11 is 0. The third-order valence-corrected chi connectivity index (χ3v) is 3.21. The SMILES string of the molecule is NC1CCC(C(=O)C2CCOC2)C1. The normalized spacial score (nSPS) is 39.6. The van der Waals surface area contributed by atoms with Gasteiger partial charge in [-0.2, -0.15) is 0 Å². The highest BCUT2D eigenvalue weighted by molar-refractivity contribution is 5.84. The lowest BCUT2D eigenvalue weighted by atomic mass is 9.91. The largest absolute Gasteiger partial charge is 0.381 e. The van der Waals surface area contributed by atoms with Crippen LogP contribution in [0.4, 0.5) is 0 Å². The Bertz CT molecular complexity index is 199. The van der Waals surface area contributed by atoms with E-state index in [1.165, 1.54) is 0 Å². The maximum Gasteiger partial charge on any atom is 0.141 e. The van der Waals surface area contributed by atoms with Crippen LogP contribution in [-0.4, -0.2) is 25.0 Å². The van der Waals surface area contributed by atoms with Crippen molar-refractivity contribution in [2.75, 3.05) is 13.2 Å². The van der Waals surface area contributed by atoms with E-state index in [1.807, 2.05) is 0 Å². The maximum absolute atomic E-state index is 11.9. The number of Topliss-reactive ketones (excluding diaryl/α,β-unsaturated/α-hetero) is 1. The highest BCUT2D eigenvalue weighted by Gasteiger charge is 2.33. The molecule has 3 nitrogen and oxygen atoms in total. The molecule has 1 aliphatic carbocycles. The predicted octanol–water partition coefficient (Wildman–Crippen LogP) is 0.719. The summed E-state index contributed by atoms with van der Waals surface area (Å²) in [6.07, 6.45) is 3.83. The highest BCUT2D eigenvalue weighted by atomic mass is 16.5. The number of hydrogen-bond acceptors (Lipinski definition) is 3. The quantitative estimate of drug-likeness (QED) is 0.686. The average Bonchev–Trinajstić information content (AvgIpc) is 2.72. The molecule has 0 aromatic carbocycles. The van der Waals surface area contributed by atoms with Gasteiger partial charge in [0.2, 0.25) is 0 Å². The fourth-order valence-electron chi connectivity index (χ4n) is 2.37. The molecule has 1 saturated heterocycles. The summed E-state index contributed by atoms with van der Waals surface area (Å²) in [6.45, 7) is 1.40. The van der Waals surface area contributed by atoms with Gasteiger partial charge in [-0.3, -0.25) is 4.79 Å². The monoisotopic (exact) mass is 183 g/mol. The van der Waals surface area contributed by atoms with E-state index in [4.69, 9.17) is 10.5 Å². The molecule has 1 aliphatic heterocycles. The van der Waals surface area contributed by atoms with Crippen molar-refractivity contribution < 1.29 is 9.53 Å². The second kappa shape index (κ2) is 3.76. The summed E-state index contributed by atoms with van der Waals surface area (Å²) < 4.78 is 5.21. The molecule has 13 heavy (non-hydrogen) atoms. The van der Waals surface area contributed by atoms with Crippen molar-refractivity contribution in [2.24, 2.45) is 17.6 Å². The molecule has 0 radical (unpaired) electrons.